The van der Waals surface area contributed by atoms with Crippen molar-refractivity contribution in [3.8, 4) is 0 Å². The van der Waals surface area contributed by atoms with Crippen molar-refractivity contribution in [3.05, 3.63) is 35.4 Å². The van der Waals surface area contributed by atoms with Gasteiger partial charge in [-0.1, -0.05) is 12.1 Å². The van der Waals surface area contributed by atoms with Gasteiger partial charge in [0.2, 0.25) is 5.91 Å². The highest BCUT2D eigenvalue weighted by Gasteiger charge is 2.35. The van der Waals surface area contributed by atoms with Gasteiger partial charge in [-0.25, -0.2) is 0 Å². The molecule has 1 unspecified atom stereocenters. The Hall–Kier alpha value is -2.09. The zero-order valence-corrected chi connectivity index (χ0v) is 14.7. The molecule has 1 aromatic carbocycles. The summed E-state index contributed by atoms with van der Waals surface area (Å²) in [5, 5.41) is 9.06. The lowest BCUT2D eigenvalue weighted by atomic mass is 9.81. The Morgan fingerprint density at radius 2 is 1.63 bits per heavy atom. The number of amides is 1. The third-order valence-electron chi connectivity index (χ3n) is 5.41. The fourth-order valence-electron chi connectivity index (χ4n) is 3.78. The Morgan fingerprint density at radius 3 is 2.19 bits per heavy atom. The molecule has 148 valence electrons. The Kier molecular flexibility index (Phi) is 5.74. The maximum absolute atomic E-state index is 12.8. The first-order chi connectivity index (χ1) is 12.8. The molecular weight excluding hydrogens is 363 g/mol. The Bertz CT molecular complexity index is 681. The number of halogens is 3. The van der Waals surface area contributed by atoms with Gasteiger partial charge in [-0.05, 0) is 43.4 Å². The monoisotopic (exact) mass is 385 g/mol. The van der Waals surface area contributed by atoms with Crippen LogP contribution in [0.3, 0.4) is 0 Å². The minimum atomic E-state index is -4.39. The molecule has 1 amide bonds. The molecule has 1 atom stereocenters. The lowest BCUT2D eigenvalue weighted by molar-refractivity contribution is -0.148. The van der Waals surface area contributed by atoms with Crippen molar-refractivity contribution in [2.75, 3.05) is 19.7 Å². The smallest absolute Gasteiger partial charge is 0.416 e. The SMILES string of the molecule is O=C(O)C1CCC(C(=O)N2CCOC(c3ccc(C(F)(F)F)cc3)C2)CC1. The number of carboxylic acid groups (broad SMARTS) is 1. The molecule has 27 heavy (non-hydrogen) atoms. The van der Waals surface area contributed by atoms with Crippen molar-refractivity contribution < 1.29 is 32.6 Å². The second kappa shape index (κ2) is 7.88. The number of benzene rings is 1. The topological polar surface area (TPSA) is 66.8 Å². The molecule has 1 heterocycles. The molecule has 2 fully saturated rings. The summed E-state index contributed by atoms with van der Waals surface area (Å²) in [6.45, 7) is 1.06. The molecule has 0 radical (unpaired) electrons. The molecule has 0 spiro atoms. The van der Waals surface area contributed by atoms with Crippen molar-refractivity contribution in [2.24, 2.45) is 11.8 Å². The van der Waals surface area contributed by atoms with Crippen molar-refractivity contribution in [2.45, 2.75) is 38.0 Å². The van der Waals surface area contributed by atoms with Crippen LogP contribution in [0.2, 0.25) is 0 Å². The molecular formula is C19H22F3NO4. The Balaban J connectivity index is 1.61. The summed E-state index contributed by atoms with van der Waals surface area (Å²) in [5.41, 5.74) is -0.111. The third kappa shape index (κ3) is 4.61. The summed E-state index contributed by atoms with van der Waals surface area (Å²) in [6.07, 6.45) is -2.74. The number of hydrogen-bond donors (Lipinski definition) is 1. The lowest BCUT2D eigenvalue weighted by Gasteiger charge is -2.36. The number of carboxylic acids is 1. The third-order valence-corrected chi connectivity index (χ3v) is 5.41. The summed E-state index contributed by atoms with van der Waals surface area (Å²) in [4.78, 5) is 25.5. The van der Waals surface area contributed by atoms with Crippen LogP contribution in [0, 0.1) is 11.8 Å². The fraction of sp³-hybridized carbons (Fsp3) is 0.579. The number of hydrogen-bond acceptors (Lipinski definition) is 3. The molecule has 1 saturated carbocycles. The number of carbonyl (C=O) groups excluding carboxylic acids is 1. The van der Waals surface area contributed by atoms with Gasteiger partial charge in [-0.15, -0.1) is 0 Å². The van der Waals surface area contributed by atoms with E-state index in [0.29, 0.717) is 50.9 Å². The van der Waals surface area contributed by atoms with E-state index in [1.165, 1.54) is 12.1 Å². The van der Waals surface area contributed by atoms with Gasteiger partial charge in [0.1, 0.15) is 6.10 Å². The van der Waals surface area contributed by atoms with Gasteiger partial charge >= 0.3 is 12.1 Å². The molecule has 0 aromatic heterocycles. The molecule has 3 rings (SSSR count). The number of alkyl halides is 3. The van der Waals surface area contributed by atoms with Crippen LogP contribution in [0.4, 0.5) is 13.2 Å². The number of carbonyl (C=O) groups is 2. The highest BCUT2D eigenvalue weighted by Crippen LogP contribution is 2.33. The zero-order chi connectivity index (χ0) is 19.6. The maximum atomic E-state index is 12.8. The first-order valence-electron chi connectivity index (χ1n) is 9.06. The average Bonchev–Trinajstić information content (AvgIpc) is 2.67. The minimum absolute atomic E-state index is 0.0148. The molecule has 1 saturated heterocycles. The van der Waals surface area contributed by atoms with Gasteiger partial charge in [0.15, 0.2) is 0 Å². The van der Waals surface area contributed by atoms with E-state index >= 15 is 0 Å². The average molecular weight is 385 g/mol. The predicted octanol–water partition coefficient (Wildman–Crippen LogP) is 3.50. The Labute approximate surface area is 155 Å². The number of rotatable bonds is 3. The van der Waals surface area contributed by atoms with Crippen LogP contribution in [0.5, 0.6) is 0 Å². The van der Waals surface area contributed by atoms with Crippen LogP contribution in [-0.4, -0.2) is 41.6 Å². The zero-order valence-electron chi connectivity index (χ0n) is 14.7. The number of aliphatic carboxylic acids is 1. The quantitative estimate of drug-likeness (QED) is 0.865. The molecule has 0 bridgehead atoms. The molecule has 1 aliphatic carbocycles. The van der Waals surface area contributed by atoms with E-state index in [2.05, 4.69) is 0 Å². The first-order valence-corrected chi connectivity index (χ1v) is 9.06. The van der Waals surface area contributed by atoms with Gasteiger partial charge in [0.05, 0.1) is 24.6 Å². The lowest BCUT2D eigenvalue weighted by Crippen LogP contribution is -2.45. The van der Waals surface area contributed by atoms with Crippen LogP contribution >= 0.6 is 0 Å². The van der Waals surface area contributed by atoms with Gasteiger partial charge in [-0.3, -0.25) is 9.59 Å². The van der Waals surface area contributed by atoms with E-state index in [1.807, 2.05) is 0 Å². The van der Waals surface area contributed by atoms with E-state index in [0.717, 1.165) is 12.1 Å². The maximum Gasteiger partial charge on any atom is 0.416 e. The normalized spacial score (nSPS) is 26.6. The van der Waals surface area contributed by atoms with Crippen LogP contribution in [0.25, 0.3) is 0 Å². The second-order valence-electron chi connectivity index (χ2n) is 7.15. The minimum Gasteiger partial charge on any atom is -0.481 e. The molecule has 1 N–H and O–H groups in total. The number of nitrogens with zero attached hydrogens (tertiary/aromatic N) is 1. The van der Waals surface area contributed by atoms with Crippen LogP contribution in [0.15, 0.2) is 24.3 Å². The van der Waals surface area contributed by atoms with Gasteiger partial charge in [0.25, 0.3) is 0 Å². The number of morpholine rings is 1. The largest absolute Gasteiger partial charge is 0.481 e. The predicted molar refractivity (Wildman–Crippen MR) is 89.8 cm³/mol. The van der Waals surface area contributed by atoms with Crippen molar-refractivity contribution in [1.82, 2.24) is 4.90 Å². The Morgan fingerprint density at radius 1 is 1.04 bits per heavy atom. The molecule has 1 aliphatic heterocycles. The summed E-state index contributed by atoms with van der Waals surface area (Å²) < 4.78 is 43.7. The molecule has 8 heteroatoms. The second-order valence-corrected chi connectivity index (χ2v) is 7.15. The highest BCUT2D eigenvalue weighted by molar-refractivity contribution is 5.79. The van der Waals surface area contributed by atoms with Gasteiger partial charge in [0, 0.05) is 12.5 Å². The summed E-state index contributed by atoms with van der Waals surface area (Å²) >= 11 is 0. The van der Waals surface area contributed by atoms with Crippen LogP contribution < -0.4 is 0 Å². The summed E-state index contributed by atoms with van der Waals surface area (Å²) in [5.74, 6) is -1.39. The highest BCUT2D eigenvalue weighted by atomic mass is 19.4. The molecule has 5 nitrogen and oxygen atoms in total. The van der Waals surface area contributed by atoms with Gasteiger partial charge in [-0.2, -0.15) is 13.2 Å². The molecule has 2 aliphatic rings. The van der Waals surface area contributed by atoms with Crippen LogP contribution in [-0.2, 0) is 20.5 Å². The fourth-order valence-corrected chi connectivity index (χ4v) is 3.78. The van der Waals surface area contributed by atoms with E-state index in [9.17, 15) is 22.8 Å². The van der Waals surface area contributed by atoms with Crippen molar-refractivity contribution in [3.63, 3.8) is 0 Å². The number of ether oxygens (including phenoxy) is 1. The standard InChI is InChI=1S/C19H22F3NO4/c20-19(21,22)15-7-5-12(6-8-15)16-11-23(9-10-27-16)17(24)13-1-3-14(4-2-13)18(25)26/h5-8,13-14,16H,1-4,9-11H2,(H,25,26). The molecule has 1 aromatic rings. The summed E-state index contributed by atoms with van der Waals surface area (Å²) in [7, 11) is 0. The van der Waals surface area contributed by atoms with E-state index in [4.69, 9.17) is 9.84 Å². The van der Waals surface area contributed by atoms with E-state index in [1.54, 1.807) is 4.90 Å². The van der Waals surface area contributed by atoms with E-state index < -0.39 is 23.8 Å². The first kappa shape index (κ1) is 19.7. The van der Waals surface area contributed by atoms with Gasteiger partial charge < -0.3 is 14.7 Å². The van der Waals surface area contributed by atoms with Crippen molar-refractivity contribution >= 4 is 11.9 Å². The van der Waals surface area contributed by atoms with E-state index in [-0.39, 0.29) is 17.7 Å². The van der Waals surface area contributed by atoms with Crippen LogP contribution in [0.1, 0.15) is 42.9 Å². The van der Waals surface area contributed by atoms with Crippen molar-refractivity contribution in [1.29, 1.82) is 0 Å². The summed E-state index contributed by atoms with van der Waals surface area (Å²) in [6, 6.07) is 4.82.